The van der Waals surface area contributed by atoms with Gasteiger partial charge in [0.05, 0.1) is 12.1 Å². The maximum absolute atomic E-state index is 11.9. The first-order chi connectivity index (χ1) is 12.6. The SMILES string of the molecule is [Cu+2].[O-]c1c(O)cccc1C=N[C@@H]1CCCC[C@H]1N=Cc1cccc(O)c1[O-]. The van der Waals surface area contributed by atoms with Gasteiger partial charge >= 0.3 is 17.1 Å². The third kappa shape index (κ3) is 5.02. The molecule has 7 heteroatoms. The molecule has 145 valence electrons. The second kappa shape index (κ2) is 9.44. The van der Waals surface area contributed by atoms with Crippen LogP contribution in [-0.2, 0) is 17.1 Å². The van der Waals surface area contributed by atoms with Gasteiger partial charge in [-0.1, -0.05) is 48.6 Å². The molecule has 1 radical (unpaired) electrons. The van der Waals surface area contributed by atoms with Crippen molar-refractivity contribution in [2.45, 2.75) is 37.8 Å². The first-order valence-corrected chi connectivity index (χ1v) is 8.60. The van der Waals surface area contributed by atoms with Crippen LogP contribution in [-0.4, -0.2) is 34.7 Å². The molecule has 3 rings (SSSR count). The fourth-order valence-corrected chi connectivity index (χ4v) is 3.08. The second-order valence-corrected chi connectivity index (χ2v) is 6.37. The number of hydrogen-bond donors (Lipinski definition) is 2. The average molecular weight is 416 g/mol. The van der Waals surface area contributed by atoms with Crippen LogP contribution in [0.15, 0.2) is 46.4 Å². The number of para-hydroxylation sites is 2. The summed E-state index contributed by atoms with van der Waals surface area (Å²) in [5.74, 6) is -1.47. The molecular weight excluding hydrogens is 396 g/mol. The smallest absolute Gasteiger partial charge is 0.870 e. The van der Waals surface area contributed by atoms with E-state index < -0.39 is 11.5 Å². The molecule has 0 aliphatic heterocycles. The molecule has 0 unspecified atom stereocenters. The van der Waals surface area contributed by atoms with E-state index in [9.17, 15) is 20.4 Å². The Morgan fingerprint density at radius 3 is 1.59 bits per heavy atom. The quantitative estimate of drug-likeness (QED) is 0.588. The van der Waals surface area contributed by atoms with Crippen molar-refractivity contribution in [3.05, 3.63) is 47.5 Å². The third-order valence-electron chi connectivity index (χ3n) is 4.55. The average Bonchev–Trinajstić information content (AvgIpc) is 2.65. The molecule has 2 atom stereocenters. The molecule has 0 bridgehead atoms. The Balaban J connectivity index is 0.00000261. The van der Waals surface area contributed by atoms with E-state index in [1.807, 2.05) is 0 Å². The van der Waals surface area contributed by atoms with Crippen LogP contribution in [0.25, 0.3) is 0 Å². The van der Waals surface area contributed by atoms with E-state index in [-0.39, 0.29) is 40.7 Å². The number of benzene rings is 2. The van der Waals surface area contributed by atoms with Crippen LogP contribution in [0.4, 0.5) is 0 Å². The van der Waals surface area contributed by atoms with Crippen molar-refractivity contribution in [3.8, 4) is 23.0 Å². The van der Waals surface area contributed by atoms with Crippen molar-refractivity contribution in [2.24, 2.45) is 9.98 Å². The first kappa shape index (κ1) is 20.8. The number of rotatable bonds is 4. The van der Waals surface area contributed by atoms with Gasteiger partial charge in [-0.2, -0.15) is 0 Å². The zero-order valence-electron chi connectivity index (χ0n) is 14.5. The molecule has 1 aliphatic rings. The van der Waals surface area contributed by atoms with E-state index in [0.29, 0.717) is 11.1 Å². The Kier molecular flexibility index (Phi) is 7.27. The molecule has 2 aromatic carbocycles. The zero-order chi connectivity index (χ0) is 18.5. The first-order valence-electron chi connectivity index (χ1n) is 8.60. The normalized spacial score (nSPS) is 20.0. The maximum atomic E-state index is 11.9. The van der Waals surface area contributed by atoms with E-state index in [4.69, 9.17) is 0 Å². The van der Waals surface area contributed by atoms with Crippen LogP contribution in [0.5, 0.6) is 23.0 Å². The Bertz CT molecular complexity index is 769. The zero-order valence-corrected chi connectivity index (χ0v) is 15.5. The molecular formula is C20H20CuN2O4. The number of phenols is 2. The summed E-state index contributed by atoms with van der Waals surface area (Å²) in [5.41, 5.74) is 0.682. The monoisotopic (exact) mass is 415 g/mol. The topological polar surface area (TPSA) is 111 Å². The second-order valence-electron chi connectivity index (χ2n) is 6.37. The van der Waals surface area contributed by atoms with Crippen molar-refractivity contribution in [1.82, 2.24) is 0 Å². The van der Waals surface area contributed by atoms with Crippen molar-refractivity contribution in [1.29, 1.82) is 0 Å². The molecule has 6 nitrogen and oxygen atoms in total. The van der Waals surface area contributed by atoms with E-state index in [1.165, 1.54) is 24.6 Å². The standard InChI is InChI=1S/C20H22N2O4.Cu/c23-17-9-3-5-13(19(17)25)11-21-15-7-1-2-8-16(15)22-12-14-6-4-10-18(24)20(14)26;/h3-6,9-12,15-16,23-26H,1-2,7-8H2;/q;+2/p-2/t15-,16-;/m1./s1. The maximum Gasteiger partial charge on any atom is 2.00 e. The van der Waals surface area contributed by atoms with Crippen LogP contribution in [0, 0.1) is 0 Å². The van der Waals surface area contributed by atoms with Gasteiger partial charge in [0.1, 0.15) is 11.5 Å². The number of phenolic OH excluding ortho intramolecular Hbond substituents is 2. The molecule has 0 spiro atoms. The van der Waals surface area contributed by atoms with Gasteiger partial charge < -0.3 is 20.4 Å². The minimum absolute atomic E-state index is 0. The van der Waals surface area contributed by atoms with E-state index in [0.717, 1.165) is 25.7 Å². The predicted molar refractivity (Wildman–Crippen MR) is 96.3 cm³/mol. The summed E-state index contributed by atoms with van der Waals surface area (Å²) in [7, 11) is 0. The summed E-state index contributed by atoms with van der Waals surface area (Å²) in [4.78, 5) is 9.02. The van der Waals surface area contributed by atoms with Gasteiger partial charge in [0, 0.05) is 12.4 Å². The Morgan fingerprint density at radius 2 is 1.19 bits per heavy atom. The van der Waals surface area contributed by atoms with Gasteiger partial charge in [0.15, 0.2) is 0 Å². The summed E-state index contributed by atoms with van der Waals surface area (Å²) < 4.78 is 0. The molecule has 0 heterocycles. The fourth-order valence-electron chi connectivity index (χ4n) is 3.08. The number of aliphatic imine (C=N–C) groups is 2. The molecule has 0 aromatic heterocycles. The molecule has 2 N–H and O–H groups in total. The van der Waals surface area contributed by atoms with Gasteiger partial charge in [-0.3, -0.25) is 9.98 Å². The summed E-state index contributed by atoms with van der Waals surface area (Å²) in [5, 5.41) is 42.7. The van der Waals surface area contributed by atoms with Gasteiger partial charge in [-0.15, -0.1) is 0 Å². The van der Waals surface area contributed by atoms with Crippen LogP contribution < -0.4 is 10.2 Å². The Morgan fingerprint density at radius 1 is 0.778 bits per heavy atom. The largest absolute Gasteiger partial charge is 2.00 e. The Hall–Kier alpha value is -2.50. The minimum Gasteiger partial charge on any atom is -0.870 e. The third-order valence-corrected chi connectivity index (χ3v) is 4.55. The number of aromatic hydroxyl groups is 2. The fraction of sp³-hybridized carbons (Fsp3) is 0.300. The molecule has 2 aromatic rings. The van der Waals surface area contributed by atoms with Crippen molar-refractivity contribution >= 4 is 12.4 Å². The van der Waals surface area contributed by atoms with Crippen molar-refractivity contribution in [3.63, 3.8) is 0 Å². The van der Waals surface area contributed by atoms with Gasteiger partial charge in [-0.05, 0) is 36.1 Å². The van der Waals surface area contributed by atoms with Crippen molar-refractivity contribution < 1.29 is 37.5 Å². The predicted octanol–water partition coefficient (Wildman–Crippen LogP) is 2.09. The molecule has 1 saturated carbocycles. The Labute approximate surface area is 168 Å². The summed E-state index contributed by atoms with van der Waals surface area (Å²) in [6.07, 6.45) is 6.72. The van der Waals surface area contributed by atoms with E-state index >= 15 is 0 Å². The van der Waals surface area contributed by atoms with Gasteiger partial charge in [0.2, 0.25) is 0 Å². The van der Waals surface area contributed by atoms with Gasteiger partial charge in [-0.25, -0.2) is 0 Å². The number of hydrogen-bond acceptors (Lipinski definition) is 6. The van der Waals surface area contributed by atoms with E-state index in [2.05, 4.69) is 9.98 Å². The molecule has 0 amide bonds. The molecule has 1 aliphatic carbocycles. The molecule has 0 saturated heterocycles. The van der Waals surface area contributed by atoms with Crippen LogP contribution >= 0.6 is 0 Å². The summed E-state index contributed by atoms with van der Waals surface area (Å²) >= 11 is 0. The minimum atomic E-state index is -0.442. The van der Waals surface area contributed by atoms with E-state index in [1.54, 1.807) is 24.3 Å². The van der Waals surface area contributed by atoms with Crippen LogP contribution in [0.2, 0.25) is 0 Å². The summed E-state index contributed by atoms with van der Waals surface area (Å²) in [6.45, 7) is 0. The van der Waals surface area contributed by atoms with Crippen LogP contribution in [0.3, 0.4) is 0 Å². The van der Waals surface area contributed by atoms with Crippen molar-refractivity contribution in [2.75, 3.05) is 0 Å². The molecule has 27 heavy (non-hydrogen) atoms. The van der Waals surface area contributed by atoms with Gasteiger partial charge in [0.25, 0.3) is 0 Å². The number of nitrogens with zero attached hydrogens (tertiary/aromatic N) is 2. The molecule has 1 fully saturated rings. The van der Waals surface area contributed by atoms with Crippen LogP contribution in [0.1, 0.15) is 36.8 Å². The summed E-state index contributed by atoms with van der Waals surface area (Å²) in [6, 6.07) is 8.96.